The molecule has 0 saturated carbocycles. The molecule has 1 amide bonds. The predicted molar refractivity (Wildman–Crippen MR) is 153 cm³/mol. The van der Waals surface area contributed by atoms with Crippen molar-refractivity contribution in [3.05, 3.63) is 113 Å². The second-order valence-corrected chi connectivity index (χ2v) is 9.52. The van der Waals surface area contributed by atoms with E-state index in [1.54, 1.807) is 25.1 Å². The van der Waals surface area contributed by atoms with Crippen molar-refractivity contribution in [2.45, 2.75) is 19.5 Å². The maximum atomic E-state index is 13.6. The van der Waals surface area contributed by atoms with Gasteiger partial charge in [-0.25, -0.2) is 4.98 Å². The Morgan fingerprint density at radius 2 is 1.45 bits per heavy atom. The van der Waals surface area contributed by atoms with Gasteiger partial charge in [0.05, 0.1) is 16.3 Å². The topological polar surface area (TPSA) is 81.4 Å². The number of nitrogens with zero attached hydrogens (tertiary/aromatic N) is 1. The van der Waals surface area contributed by atoms with E-state index in [-0.39, 0.29) is 45.8 Å². The Balaban J connectivity index is 1.55. The molecule has 0 aliphatic heterocycles. The smallest absolute Gasteiger partial charge is 0.416 e. The van der Waals surface area contributed by atoms with E-state index in [0.29, 0.717) is 5.56 Å². The van der Waals surface area contributed by atoms with Gasteiger partial charge in [0.2, 0.25) is 5.89 Å². The van der Waals surface area contributed by atoms with Crippen LogP contribution in [0.5, 0.6) is 5.75 Å². The predicted octanol–water partition coefficient (Wildman–Crippen LogP) is 8.92. The van der Waals surface area contributed by atoms with Crippen LogP contribution in [0.2, 0.25) is 5.02 Å². The van der Waals surface area contributed by atoms with Gasteiger partial charge >= 0.3 is 12.1 Å². The minimum atomic E-state index is -4.51. The van der Waals surface area contributed by atoms with Crippen molar-refractivity contribution >= 4 is 29.2 Å². The van der Waals surface area contributed by atoms with Gasteiger partial charge in [0.25, 0.3) is 5.91 Å². The zero-order valence-electron chi connectivity index (χ0n) is 22.0. The molecule has 1 N–H and O–H groups in total. The van der Waals surface area contributed by atoms with E-state index in [1.165, 1.54) is 24.3 Å². The van der Waals surface area contributed by atoms with Gasteiger partial charge in [0, 0.05) is 17.5 Å². The quantitative estimate of drug-likeness (QED) is 0.151. The number of halogens is 4. The van der Waals surface area contributed by atoms with Crippen LogP contribution in [0.4, 0.5) is 18.9 Å². The number of hydrogen-bond acceptors (Lipinski definition) is 5. The molecule has 0 atom stereocenters. The fraction of sp³-hybridized carbons (Fsp3) is 0.0938. The van der Waals surface area contributed by atoms with Crippen molar-refractivity contribution < 1.29 is 31.9 Å². The first kappa shape index (κ1) is 28.6. The number of hydrogen-bond donors (Lipinski definition) is 1. The Hall–Kier alpha value is -4.89. The average molecular weight is 591 g/mol. The maximum absolute atomic E-state index is 13.6. The van der Waals surface area contributed by atoms with E-state index in [0.717, 1.165) is 23.3 Å². The summed E-state index contributed by atoms with van der Waals surface area (Å²) < 4.78 is 50.6. The molecule has 0 fully saturated rings. The molecule has 4 aromatic carbocycles. The van der Waals surface area contributed by atoms with Gasteiger partial charge in [0.1, 0.15) is 0 Å². The molecule has 1 heterocycles. The lowest BCUT2D eigenvalue weighted by Crippen LogP contribution is -2.16. The number of carbonyl (C=O) groups excluding carboxylic acids is 2. The van der Waals surface area contributed by atoms with E-state index >= 15 is 0 Å². The van der Waals surface area contributed by atoms with Crippen LogP contribution in [0.1, 0.15) is 29.4 Å². The Kier molecular flexibility index (Phi) is 8.13. The molecule has 6 nitrogen and oxygen atoms in total. The SMILES string of the molecule is CCC(=O)Oc1c(Cl)cccc1NC(=O)c1nc(-c2ccc(C(F)(F)F)cc2)oc1-c1ccc(-c2ccccc2)cc1. The highest BCUT2D eigenvalue weighted by atomic mass is 35.5. The molecule has 42 heavy (non-hydrogen) atoms. The summed E-state index contributed by atoms with van der Waals surface area (Å²) in [6.07, 6.45) is -4.43. The van der Waals surface area contributed by atoms with Crippen LogP contribution in [0, 0.1) is 0 Å². The molecule has 0 radical (unpaired) electrons. The van der Waals surface area contributed by atoms with Gasteiger partial charge in [-0.3, -0.25) is 9.59 Å². The van der Waals surface area contributed by atoms with Gasteiger partial charge in [-0.05, 0) is 47.5 Å². The summed E-state index contributed by atoms with van der Waals surface area (Å²) in [7, 11) is 0. The van der Waals surface area contributed by atoms with Crippen LogP contribution >= 0.6 is 11.6 Å². The number of esters is 1. The summed E-state index contributed by atoms with van der Waals surface area (Å²) >= 11 is 6.24. The largest absolute Gasteiger partial charge is 0.435 e. The number of amides is 1. The molecule has 0 aliphatic carbocycles. The number of anilines is 1. The van der Waals surface area contributed by atoms with Gasteiger partial charge in [-0.1, -0.05) is 79.2 Å². The number of para-hydroxylation sites is 1. The second-order valence-electron chi connectivity index (χ2n) is 9.11. The first-order chi connectivity index (χ1) is 20.1. The van der Waals surface area contributed by atoms with E-state index < -0.39 is 23.6 Å². The molecule has 10 heteroatoms. The number of rotatable bonds is 7. The first-order valence-corrected chi connectivity index (χ1v) is 13.2. The summed E-state index contributed by atoms with van der Waals surface area (Å²) in [6.45, 7) is 1.62. The number of aromatic nitrogens is 1. The zero-order valence-corrected chi connectivity index (χ0v) is 22.8. The number of ether oxygens (including phenoxy) is 1. The second kappa shape index (κ2) is 11.9. The summed E-state index contributed by atoms with van der Waals surface area (Å²) in [5, 5.41) is 2.77. The van der Waals surface area contributed by atoms with Crippen molar-refractivity contribution in [1.82, 2.24) is 4.98 Å². The number of benzene rings is 4. The minimum Gasteiger partial charge on any atom is -0.435 e. The van der Waals surface area contributed by atoms with Gasteiger partial charge < -0.3 is 14.5 Å². The normalized spacial score (nSPS) is 11.3. The van der Waals surface area contributed by atoms with E-state index in [4.69, 9.17) is 20.8 Å². The van der Waals surface area contributed by atoms with Crippen molar-refractivity contribution in [2.75, 3.05) is 5.32 Å². The lowest BCUT2D eigenvalue weighted by Gasteiger charge is -2.12. The Bertz CT molecular complexity index is 1730. The molecule has 0 aliphatic rings. The highest BCUT2D eigenvalue weighted by molar-refractivity contribution is 6.32. The Labute approximate surface area is 243 Å². The van der Waals surface area contributed by atoms with Crippen LogP contribution in [0.15, 0.2) is 101 Å². The lowest BCUT2D eigenvalue weighted by molar-refractivity contribution is -0.137. The highest BCUT2D eigenvalue weighted by Gasteiger charge is 2.30. The van der Waals surface area contributed by atoms with Crippen LogP contribution in [0.25, 0.3) is 33.9 Å². The molecule has 1 aromatic heterocycles. The molecule has 212 valence electrons. The van der Waals surface area contributed by atoms with Gasteiger partial charge in [-0.2, -0.15) is 13.2 Å². The monoisotopic (exact) mass is 590 g/mol. The summed E-state index contributed by atoms with van der Waals surface area (Å²) in [6, 6.07) is 25.7. The van der Waals surface area contributed by atoms with Gasteiger partial charge in [-0.15, -0.1) is 0 Å². The van der Waals surface area contributed by atoms with Crippen LogP contribution in [-0.4, -0.2) is 16.9 Å². The van der Waals surface area contributed by atoms with Crippen LogP contribution < -0.4 is 10.1 Å². The van der Waals surface area contributed by atoms with Crippen molar-refractivity contribution in [3.63, 3.8) is 0 Å². The molecule has 0 bridgehead atoms. The molecule has 5 aromatic rings. The van der Waals surface area contributed by atoms with E-state index in [2.05, 4.69) is 10.3 Å². The highest BCUT2D eigenvalue weighted by Crippen LogP contribution is 2.37. The Morgan fingerprint density at radius 3 is 2.10 bits per heavy atom. The van der Waals surface area contributed by atoms with Crippen molar-refractivity contribution in [1.29, 1.82) is 0 Å². The summed E-state index contributed by atoms with van der Waals surface area (Å²) in [5.41, 5.74) is 1.82. The maximum Gasteiger partial charge on any atom is 0.416 e. The molecule has 5 rings (SSSR count). The number of carbonyl (C=O) groups is 2. The van der Waals surface area contributed by atoms with E-state index in [9.17, 15) is 22.8 Å². The number of nitrogens with one attached hydrogen (secondary N) is 1. The molecule has 0 saturated heterocycles. The van der Waals surface area contributed by atoms with Crippen LogP contribution in [-0.2, 0) is 11.0 Å². The van der Waals surface area contributed by atoms with Crippen molar-refractivity contribution in [2.24, 2.45) is 0 Å². The average Bonchev–Trinajstić information content (AvgIpc) is 3.45. The molecular formula is C32H22ClF3N2O4. The van der Waals surface area contributed by atoms with E-state index in [1.807, 2.05) is 42.5 Å². The Morgan fingerprint density at radius 1 is 0.833 bits per heavy atom. The zero-order chi connectivity index (χ0) is 29.9. The first-order valence-electron chi connectivity index (χ1n) is 12.8. The molecule has 0 unspecified atom stereocenters. The van der Waals surface area contributed by atoms with Crippen molar-refractivity contribution in [3.8, 4) is 39.7 Å². The fourth-order valence-corrected chi connectivity index (χ4v) is 4.33. The number of oxazole rings is 1. The minimum absolute atomic E-state index is 0.0282. The lowest BCUT2D eigenvalue weighted by atomic mass is 10.0. The van der Waals surface area contributed by atoms with Gasteiger partial charge in [0.15, 0.2) is 17.2 Å². The molecule has 0 spiro atoms. The fourth-order valence-electron chi connectivity index (χ4n) is 4.12. The summed E-state index contributed by atoms with van der Waals surface area (Å²) in [5.74, 6) is -1.26. The third kappa shape index (κ3) is 6.21. The molecular weight excluding hydrogens is 569 g/mol. The standard InChI is InChI=1S/C32H22ClF3N2O4/c1-2-26(39)41-29-24(33)9-6-10-25(29)37-30(40)27-28(21-13-11-20(12-14-21)19-7-4-3-5-8-19)42-31(38-27)22-15-17-23(18-16-22)32(34,35)36/h3-18H,2H2,1H3,(H,37,40). The third-order valence-corrected chi connectivity index (χ3v) is 6.57. The number of alkyl halides is 3. The van der Waals surface area contributed by atoms with Crippen LogP contribution in [0.3, 0.4) is 0 Å². The summed E-state index contributed by atoms with van der Waals surface area (Å²) in [4.78, 5) is 29.9. The third-order valence-electron chi connectivity index (χ3n) is 6.28.